The van der Waals surface area contributed by atoms with E-state index < -0.39 is 5.97 Å². The Labute approximate surface area is 123 Å². The van der Waals surface area contributed by atoms with Gasteiger partial charge in [-0.2, -0.15) is 0 Å². The van der Waals surface area contributed by atoms with Gasteiger partial charge in [0, 0.05) is 11.6 Å². The third-order valence-corrected chi connectivity index (χ3v) is 2.82. The molecule has 0 aliphatic rings. The fourth-order valence-electron chi connectivity index (χ4n) is 1.81. The van der Waals surface area contributed by atoms with Crippen molar-refractivity contribution in [3.63, 3.8) is 0 Å². The molecular weight excluding hydrogens is 268 g/mol. The fraction of sp³-hybridized carbons (Fsp3) is 0.118. The van der Waals surface area contributed by atoms with E-state index in [4.69, 9.17) is 14.2 Å². The van der Waals surface area contributed by atoms with Crippen LogP contribution in [0.25, 0.3) is 6.08 Å². The summed E-state index contributed by atoms with van der Waals surface area (Å²) in [5.41, 5.74) is 0.803. The lowest BCUT2D eigenvalue weighted by Crippen LogP contribution is -2.04. The molecule has 0 aromatic heterocycles. The average molecular weight is 284 g/mol. The van der Waals surface area contributed by atoms with E-state index in [1.165, 1.54) is 13.2 Å². The first kappa shape index (κ1) is 14.7. The van der Waals surface area contributed by atoms with Crippen molar-refractivity contribution < 1.29 is 19.0 Å². The molecule has 0 aliphatic heterocycles. The van der Waals surface area contributed by atoms with Crippen LogP contribution in [0.15, 0.2) is 54.6 Å². The van der Waals surface area contributed by atoms with E-state index in [1.807, 2.05) is 24.3 Å². The van der Waals surface area contributed by atoms with Crippen LogP contribution < -0.4 is 14.2 Å². The molecule has 21 heavy (non-hydrogen) atoms. The molecule has 0 heterocycles. The van der Waals surface area contributed by atoms with Crippen LogP contribution >= 0.6 is 0 Å². The highest BCUT2D eigenvalue weighted by Crippen LogP contribution is 2.26. The maximum atomic E-state index is 11.8. The SMILES string of the molecule is COc1ccccc1/C=C/C(=O)Oc1ccccc1OC. The van der Waals surface area contributed by atoms with Gasteiger partial charge >= 0.3 is 5.97 Å². The number of esters is 1. The highest BCUT2D eigenvalue weighted by Gasteiger charge is 2.06. The monoisotopic (exact) mass is 284 g/mol. The van der Waals surface area contributed by atoms with Crippen molar-refractivity contribution in [2.45, 2.75) is 0 Å². The summed E-state index contributed by atoms with van der Waals surface area (Å²) in [5.74, 6) is 1.11. The average Bonchev–Trinajstić information content (AvgIpc) is 2.53. The molecule has 2 aromatic rings. The van der Waals surface area contributed by atoms with Crippen LogP contribution in [0.4, 0.5) is 0 Å². The summed E-state index contributed by atoms with van der Waals surface area (Å²) in [5, 5.41) is 0. The molecule has 0 atom stereocenters. The molecule has 0 unspecified atom stereocenters. The van der Waals surface area contributed by atoms with Crippen LogP contribution in [0.5, 0.6) is 17.2 Å². The fourth-order valence-corrected chi connectivity index (χ4v) is 1.81. The Morgan fingerprint density at radius 1 is 0.857 bits per heavy atom. The van der Waals surface area contributed by atoms with Gasteiger partial charge in [-0.15, -0.1) is 0 Å². The van der Waals surface area contributed by atoms with Gasteiger partial charge in [0.25, 0.3) is 0 Å². The second kappa shape index (κ2) is 7.14. The van der Waals surface area contributed by atoms with Crippen molar-refractivity contribution in [1.82, 2.24) is 0 Å². The number of hydrogen-bond donors (Lipinski definition) is 0. The summed E-state index contributed by atoms with van der Waals surface area (Å²) in [6, 6.07) is 14.4. The second-order valence-corrected chi connectivity index (χ2v) is 4.15. The molecule has 2 aromatic carbocycles. The van der Waals surface area contributed by atoms with Crippen molar-refractivity contribution >= 4 is 12.0 Å². The zero-order valence-corrected chi connectivity index (χ0v) is 11.9. The largest absolute Gasteiger partial charge is 0.496 e. The topological polar surface area (TPSA) is 44.8 Å². The first-order valence-corrected chi connectivity index (χ1v) is 6.40. The Balaban J connectivity index is 2.09. The lowest BCUT2D eigenvalue weighted by molar-refractivity contribution is -0.129. The van der Waals surface area contributed by atoms with Gasteiger partial charge in [0.1, 0.15) is 5.75 Å². The van der Waals surface area contributed by atoms with Gasteiger partial charge < -0.3 is 14.2 Å². The van der Waals surface area contributed by atoms with E-state index >= 15 is 0 Å². The number of para-hydroxylation sites is 3. The molecule has 0 spiro atoms. The number of carbonyl (C=O) groups is 1. The van der Waals surface area contributed by atoms with Crippen LogP contribution in [0, 0.1) is 0 Å². The van der Waals surface area contributed by atoms with Crippen molar-refractivity contribution in [2.24, 2.45) is 0 Å². The van der Waals surface area contributed by atoms with E-state index in [9.17, 15) is 4.79 Å². The predicted molar refractivity (Wildman–Crippen MR) is 80.7 cm³/mol. The maximum Gasteiger partial charge on any atom is 0.336 e. The van der Waals surface area contributed by atoms with Crippen molar-refractivity contribution in [1.29, 1.82) is 0 Å². The summed E-state index contributed by atoms with van der Waals surface area (Å²) in [4.78, 5) is 11.8. The molecule has 0 saturated heterocycles. The molecule has 0 amide bonds. The maximum absolute atomic E-state index is 11.8. The number of methoxy groups -OCH3 is 2. The molecule has 0 saturated carbocycles. The summed E-state index contributed by atoms with van der Waals surface area (Å²) >= 11 is 0. The highest BCUT2D eigenvalue weighted by molar-refractivity contribution is 5.89. The standard InChI is InChI=1S/C17H16O4/c1-19-14-8-4-3-7-13(14)11-12-17(18)21-16-10-6-5-9-15(16)20-2/h3-12H,1-2H3/b12-11+. The van der Waals surface area contributed by atoms with E-state index in [-0.39, 0.29) is 0 Å². The van der Waals surface area contributed by atoms with Gasteiger partial charge in [-0.3, -0.25) is 0 Å². The van der Waals surface area contributed by atoms with Gasteiger partial charge in [-0.05, 0) is 24.3 Å². The Morgan fingerprint density at radius 3 is 2.10 bits per heavy atom. The van der Waals surface area contributed by atoms with E-state index in [0.717, 1.165) is 5.56 Å². The lowest BCUT2D eigenvalue weighted by Gasteiger charge is -2.07. The zero-order valence-electron chi connectivity index (χ0n) is 11.9. The van der Waals surface area contributed by atoms with Crippen LogP contribution in [-0.4, -0.2) is 20.2 Å². The zero-order chi connectivity index (χ0) is 15.1. The van der Waals surface area contributed by atoms with Crippen LogP contribution in [-0.2, 0) is 4.79 Å². The van der Waals surface area contributed by atoms with Crippen molar-refractivity contribution in [2.75, 3.05) is 14.2 Å². The number of rotatable bonds is 5. The molecule has 2 rings (SSSR count). The Morgan fingerprint density at radius 2 is 1.43 bits per heavy atom. The molecule has 0 radical (unpaired) electrons. The van der Waals surface area contributed by atoms with Gasteiger partial charge in [0.05, 0.1) is 14.2 Å². The second-order valence-electron chi connectivity index (χ2n) is 4.15. The first-order valence-electron chi connectivity index (χ1n) is 6.40. The van der Waals surface area contributed by atoms with Crippen molar-refractivity contribution in [3.05, 3.63) is 60.2 Å². The number of benzene rings is 2. The predicted octanol–water partition coefficient (Wildman–Crippen LogP) is 3.32. The third-order valence-electron chi connectivity index (χ3n) is 2.82. The molecule has 0 fully saturated rings. The summed E-state index contributed by atoms with van der Waals surface area (Å²) in [7, 11) is 3.11. The molecule has 0 N–H and O–H groups in total. The van der Waals surface area contributed by atoms with Crippen molar-refractivity contribution in [3.8, 4) is 17.2 Å². The van der Waals surface area contributed by atoms with Gasteiger partial charge in [-0.1, -0.05) is 30.3 Å². The summed E-state index contributed by atoms with van der Waals surface area (Å²) < 4.78 is 15.6. The summed E-state index contributed by atoms with van der Waals surface area (Å²) in [6.07, 6.45) is 3.00. The number of carbonyl (C=O) groups excluding carboxylic acids is 1. The lowest BCUT2D eigenvalue weighted by atomic mass is 10.2. The smallest absolute Gasteiger partial charge is 0.336 e. The minimum Gasteiger partial charge on any atom is -0.496 e. The van der Waals surface area contributed by atoms with E-state index in [1.54, 1.807) is 37.5 Å². The molecule has 0 bridgehead atoms. The molecule has 4 heteroatoms. The normalized spacial score (nSPS) is 10.4. The van der Waals surface area contributed by atoms with Gasteiger partial charge in [-0.25, -0.2) is 4.79 Å². The minimum atomic E-state index is -0.481. The first-order chi connectivity index (χ1) is 10.2. The Hall–Kier alpha value is -2.75. The minimum absolute atomic E-state index is 0.384. The van der Waals surface area contributed by atoms with Crippen LogP contribution in [0.2, 0.25) is 0 Å². The van der Waals surface area contributed by atoms with Gasteiger partial charge in [0.2, 0.25) is 0 Å². The number of ether oxygens (including phenoxy) is 3. The van der Waals surface area contributed by atoms with E-state index in [2.05, 4.69) is 0 Å². The number of hydrogen-bond acceptors (Lipinski definition) is 4. The van der Waals surface area contributed by atoms with Crippen LogP contribution in [0.1, 0.15) is 5.56 Å². The molecule has 0 aliphatic carbocycles. The Bertz CT molecular complexity index is 647. The summed E-state index contributed by atoms with van der Waals surface area (Å²) in [6.45, 7) is 0. The quantitative estimate of drug-likeness (QED) is 0.480. The molecular formula is C17H16O4. The van der Waals surface area contributed by atoms with E-state index in [0.29, 0.717) is 17.2 Å². The highest BCUT2D eigenvalue weighted by atomic mass is 16.6. The molecule has 4 nitrogen and oxygen atoms in total. The third kappa shape index (κ3) is 3.86. The Kier molecular flexibility index (Phi) is 4.99. The van der Waals surface area contributed by atoms with Gasteiger partial charge in [0.15, 0.2) is 11.5 Å². The van der Waals surface area contributed by atoms with Crippen LogP contribution in [0.3, 0.4) is 0 Å². The molecule has 108 valence electrons.